The van der Waals surface area contributed by atoms with E-state index >= 15 is 0 Å². The number of alkyl halides is 4. The molecular weight excluding hydrogens is 514 g/mol. The quantitative estimate of drug-likeness (QED) is 0.213. The van der Waals surface area contributed by atoms with E-state index in [-0.39, 0.29) is 24.5 Å². The summed E-state index contributed by atoms with van der Waals surface area (Å²) in [4.78, 5) is 27.8. The van der Waals surface area contributed by atoms with Gasteiger partial charge in [-0.25, -0.2) is 19.4 Å². The molecule has 0 unspecified atom stereocenters. The van der Waals surface area contributed by atoms with Crippen LogP contribution in [0.3, 0.4) is 0 Å². The van der Waals surface area contributed by atoms with Crippen LogP contribution in [0.2, 0.25) is 0 Å². The van der Waals surface area contributed by atoms with Gasteiger partial charge < -0.3 is 21.3 Å². The van der Waals surface area contributed by atoms with Crippen LogP contribution in [-0.4, -0.2) is 41.0 Å². The van der Waals surface area contributed by atoms with Crippen molar-refractivity contribution in [3.63, 3.8) is 0 Å². The SMILES string of the molecule is C=CNc1cnc(N2CC[C@@H](F)C2)nc1C(N)=Nc1cc(C(=O)NCc2ccc(C(F)(F)F)cc2)ccc1C. The molecule has 0 spiro atoms. The summed E-state index contributed by atoms with van der Waals surface area (Å²) in [6.45, 7) is 6.16. The smallest absolute Gasteiger partial charge is 0.382 e. The van der Waals surface area contributed by atoms with E-state index < -0.39 is 23.8 Å². The van der Waals surface area contributed by atoms with Crippen molar-refractivity contribution in [3.8, 4) is 0 Å². The standard InChI is InChI=1S/C27H27F4N7O/c1-3-33-22-14-35-26(38-11-10-20(28)15-38)37-23(22)24(32)36-21-12-18(7-4-16(21)2)25(39)34-13-17-5-8-19(9-6-17)27(29,30)31/h3-9,12,14,20,33H,1,10-11,13,15H2,2H3,(H2,32,36)(H,34,39)/t20-/m1/s1. The monoisotopic (exact) mass is 541 g/mol. The first kappa shape index (κ1) is 27.6. The van der Waals surface area contributed by atoms with Crippen molar-refractivity contribution in [1.82, 2.24) is 15.3 Å². The minimum absolute atomic E-state index is 0.0438. The Morgan fingerprint density at radius 3 is 2.64 bits per heavy atom. The molecule has 204 valence electrons. The van der Waals surface area contributed by atoms with Crippen molar-refractivity contribution < 1.29 is 22.4 Å². The Balaban J connectivity index is 1.54. The summed E-state index contributed by atoms with van der Waals surface area (Å²) in [5.74, 6) is -0.0616. The van der Waals surface area contributed by atoms with Gasteiger partial charge in [0, 0.05) is 18.7 Å². The highest BCUT2D eigenvalue weighted by Crippen LogP contribution is 2.29. The number of nitrogens with two attached hydrogens (primary N) is 1. The van der Waals surface area contributed by atoms with Crippen LogP contribution in [0.4, 0.5) is 34.9 Å². The predicted molar refractivity (Wildman–Crippen MR) is 142 cm³/mol. The molecule has 2 aromatic carbocycles. The van der Waals surface area contributed by atoms with Gasteiger partial charge in [-0.05, 0) is 54.9 Å². The van der Waals surface area contributed by atoms with Crippen molar-refractivity contribution >= 4 is 29.1 Å². The lowest BCUT2D eigenvalue weighted by atomic mass is 10.1. The zero-order valence-electron chi connectivity index (χ0n) is 21.1. The maximum atomic E-state index is 13.7. The lowest BCUT2D eigenvalue weighted by molar-refractivity contribution is -0.137. The highest BCUT2D eigenvalue weighted by atomic mass is 19.4. The molecule has 1 saturated heterocycles. The van der Waals surface area contributed by atoms with Crippen LogP contribution >= 0.6 is 0 Å². The molecule has 12 heteroatoms. The number of aromatic nitrogens is 2. The number of nitrogens with zero attached hydrogens (tertiary/aromatic N) is 4. The van der Waals surface area contributed by atoms with Crippen LogP contribution < -0.4 is 21.3 Å². The Morgan fingerprint density at radius 2 is 2.00 bits per heavy atom. The molecule has 1 atom stereocenters. The van der Waals surface area contributed by atoms with Crippen LogP contribution in [0.5, 0.6) is 0 Å². The van der Waals surface area contributed by atoms with Gasteiger partial charge in [-0.3, -0.25) is 4.79 Å². The molecule has 1 aliphatic rings. The fourth-order valence-corrected chi connectivity index (χ4v) is 3.98. The van der Waals surface area contributed by atoms with E-state index in [0.717, 1.165) is 17.7 Å². The van der Waals surface area contributed by atoms with Crippen LogP contribution in [0, 0.1) is 6.92 Å². The third-order valence-corrected chi connectivity index (χ3v) is 6.14. The third-order valence-electron chi connectivity index (χ3n) is 6.14. The number of carbonyl (C=O) groups is 1. The summed E-state index contributed by atoms with van der Waals surface area (Å²) in [7, 11) is 0. The Hall–Kier alpha value is -4.48. The minimum Gasteiger partial charge on any atom is -0.382 e. The summed E-state index contributed by atoms with van der Waals surface area (Å²) >= 11 is 0. The molecule has 1 fully saturated rings. The number of hydrogen-bond acceptors (Lipinski definition) is 6. The lowest BCUT2D eigenvalue weighted by Crippen LogP contribution is -2.25. The second-order valence-electron chi connectivity index (χ2n) is 8.99. The lowest BCUT2D eigenvalue weighted by Gasteiger charge is -2.17. The van der Waals surface area contributed by atoms with Crippen molar-refractivity contribution in [3.05, 3.63) is 89.4 Å². The Bertz CT molecular complexity index is 1390. The number of anilines is 2. The van der Waals surface area contributed by atoms with Gasteiger partial charge in [-0.2, -0.15) is 13.2 Å². The summed E-state index contributed by atoms with van der Waals surface area (Å²) in [6, 6.07) is 9.44. The van der Waals surface area contributed by atoms with Gasteiger partial charge in [-0.1, -0.05) is 24.8 Å². The second kappa shape index (κ2) is 11.5. The molecule has 1 aromatic heterocycles. The van der Waals surface area contributed by atoms with Gasteiger partial charge in [0.1, 0.15) is 11.9 Å². The summed E-state index contributed by atoms with van der Waals surface area (Å²) < 4.78 is 52.0. The number of aliphatic imine (C=N–C) groups is 1. The number of hydrogen-bond donors (Lipinski definition) is 3. The highest BCUT2D eigenvalue weighted by Gasteiger charge is 2.30. The van der Waals surface area contributed by atoms with Gasteiger partial charge in [0.15, 0.2) is 5.84 Å². The second-order valence-corrected chi connectivity index (χ2v) is 8.99. The molecule has 0 saturated carbocycles. The van der Waals surface area contributed by atoms with Gasteiger partial charge >= 0.3 is 6.18 Å². The number of aryl methyl sites for hydroxylation is 1. The summed E-state index contributed by atoms with van der Waals surface area (Å²) in [5, 5.41) is 5.61. The van der Waals surface area contributed by atoms with E-state index in [2.05, 4.69) is 32.2 Å². The van der Waals surface area contributed by atoms with E-state index in [9.17, 15) is 22.4 Å². The van der Waals surface area contributed by atoms with Gasteiger partial charge in [-0.15, -0.1) is 0 Å². The zero-order valence-corrected chi connectivity index (χ0v) is 21.1. The molecule has 0 bridgehead atoms. The maximum Gasteiger partial charge on any atom is 0.416 e. The molecule has 3 aromatic rings. The third kappa shape index (κ3) is 6.70. The zero-order chi connectivity index (χ0) is 28.2. The average Bonchev–Trinajstić information content (AvgIpc) is 3.34. The van der Waals surface area contributed by atoms with Gasteiger partial charge in [0.05, 0.1) is 29.7 Å². The first-order chi connectivity index (χ1) is 18.5. The topological polar surface area (TPSA) is 109 Å². The Labute approximate surface area is 222 Å². The minimum atomic E-state index is -4.43. The van der Waals surface area contributed by atoms with Crippen LogP contribution in [0.1, 0.15) is 39.2 Å². The average molecular weight is 542 g/mol. The number of halogens is 4. The van der Waals surface area contributed by atoms with Gasteiger partial charge in [0.2, 0.25) is 5.95 Å². The molecule has 4 N–H and O–H groups in total. The fourth-order valence-electron chi connectivity index (χ4n) is 3.98. The van der Waals surface area contributed by atoms with E-state index in [1.54, 1.807) is 30.0 Å². The van der Waals surface area contributed by atoms with Crippen molar-refractivity contribution in [2.45, 2.75) is 32.2 Å². The van der Waals surface area contributed by atoms with E-state index in [4.69, 9.17) is 5.73 Å². The van der Waals surface area contributed by atoms with Crippen LogP contribution in [0.25, 0.3) is 0 Å². The number of rotatable bonds is 8. The molecule has 0 radical (unpaired) electrons. The van der Waals surface area contributed by atoms with E-state index in [0.29, 0.717) is 41.5 Å². The first-order valence-corrected chi connectivity index (χ1v) is 12.1. The van der Waals surface area contributed by atoms with Crippen molar-refractivity contribution in [1.29, 1.82) is 0 Å². The summed E-state index contributed by atoms with van der Waals surface area (Å²) in [5.41, 5.74) is 8.29. The molecule has 1 aliphatic heterocycles. The summed E-state index contributed by atoms with van der Waals surface area (Å²) in [6.07, 6.45) is -2.03. The van der Waals surface area contributed by atoms with Crippen molar-refractivity contribution in [2.24, 2.45) is 10.7 Å². The Kier molecular flexibility index (Phi) is 8.12. The highest BCUT2D eigenvalue weighted by molar-refractivity contribution is 6.03. The van der Waals surface area contributed by atoms with E-state index in [1.165, 1.54) is 24.5 Å². The molecule has 1 amide bonds. The molecule has 4 rings (SSSR count). The number of benzene rings is 2. The van der Waals surface area contributed by atoms with Crippen LogP contribution in [-0.2, 0) is 12.7 Å². The van der Waals surface area contributed by atoms with Gasteiger partial charge in [0.25, 0.3) is 5.91 Å². The predicted octanol–water partition coefficient (Wildman–Crippen LogP) is 4.87. The molecule has 39 heavy (non-hydrogen) atoms. The number of carbonyl (C=O) groups excluding carboxylic acids is 1. The van der Waals surface area contributed by atoms with E-state index in [1.807, 2.05) is 0 Å². The molecule has 8 nitrogen and oxygen atoms in total. The largest absolute Gasteiger partial charge is 0.416 e. The molecule has 0 aliphatic carbocycles. The fraction of sp³-hybridized carbons (Fsp3) is 0.259. The number of amides is 1. The van der Waals surface area contributed by atoms with Crippen molar-refractivity contribution in [2.75, 3.05) is 23.3 Å². The normalized spacial score (nSPS) is 15.8. The Morgan fingerprint density at radius 1 is 1.26 bits per heavy atom. The number of nitrogens with one attached hydrogen (secondary N) is 2. The maximum absolute atomic E-state index is 13.7. The number of amidine groups is 1. The molecule has 2 heterocycles. The molecular formula is C27H27F4N7O. The first-order valence-electron chi connectivity index (χ1n) is 12.1. The van der Waals surface area contributed by atoms with Crippen LogP contribution in [0.15, 0.2) is 66.4 Å².